The number of nitrogens with zero attached hydrogens (tertiary/aromatic N) is 2. The Kier molecular flexibility index (Phi) is 8.83. The van der Waals surface area contributed by atoms with E-state index < -0.39 is 23.8 Å². The summed E-state index contributed by atoms with van der Waals surface area (Å²) in [6.45, 7) is 5.69. The second-order valence-corrected chi connectivity index (χ2v) is 10.4. The predicted octanol–water partition coefficient (Wildman–Crippen LogP) is 4.18. The maximum absolute atomic E-state index is 13.2. The summed E-state index contributed by atoms with van der Waals surface area (Å²) >= 11 is 0. The van der Waals surface area contributed by atoms with Crippen molar-refractivity contribution in [3.05, 3.63) is 83.6 Å². The molecule has 2 amide bonds. The molecule has 0 fully saturated rings. The summed E-state index contributed by atoms with van der Waals surface area (Å²) in [5, 5.41) is 14.0. The molecule has 2 aromatic carbocycles. The minimum absolute atomic E-state index is 0.0407. The van der Waals surface area contributed by atoms with Gasteiger partial charge in [0.1, 0.15) is 11.4 Å². The maximum atomic E-state index is 13.2. The molecule has 3 aromatic rings. The SMILES string of the molecule is COCOc1ccc2c(c1)CN(C(=O)OC(C)(C)C)C([C@H](O)CNC(=O)c1cccc(-c3ccccn3)c1)C2. The molecular formula is C30H35N3O6. The molecule has 2 N–H and O–H groups in total. The lowest BCUT2D eigenvalue weighted by molar-refractivity contribution is -0.0114. The average molecular weight is 534 g/mol. The molecule has 0 aliphatic carbocycles. The Balaban J connectivity index is 1.49. The van der Waals surface area contributed by atoms with Crippen molar-refractivity contribution in [1.82, 2.24) is 15.2 Å². The number of carbonyl (C=O) groups is 2. The number of aliphatic hydroxyl groups is 1. The number of hydrogen-bond acceptors (Lipinski definition) is 7. The molecule has 4 rings (SSSR count). The fourth-order valence-electron chi connectivity index (χ4n) is 4.45. The second kappa shape index (κ2) is 12.3. The molecule has 2 heterocycles. The van der Waals surface area contributed by atoms with Gasteiger partial charge in [-0.2, -0.15) is 0 Å². The highest BCUT2D eigenvalue weighted by atomic mass is 16.7. The summed E-state index contributed by atoms with van der Waals surface area (Å²) in [4.78, 5) is 32.0. The zero-order chi connectivity index (χ0) is 28.0. The van der Waals surface area contributed by atoms with Crippen LogP contribution in [0.15, 0.2) is 66.9 Å². The Morgan fingerprint density at radius 2 is 1.92 bits per heavy atom. The van der Waals surface area contributed by atoms with E-state index in [9.17, 15) is 14.7 Å². The molecule has 206 valence electrons. The lowest BCUT2D eigenvalue weighted by Gasteiger charge is -2.40. The number of nitrogens with one attached hydrogen (secondary N) is 1. The molecule has 0 bridgehead atoms. The van der Waals surface area contributed by atoms with Crippen molar-refractivity contribution in [3.63, 3.8) is 0 Å². The first-order valence-corrected chi connectivity index (χ1v) is 12.9. The zero-order valence-corrected chi connectivity index (χ0v) is 22.7. The third-order valence-electron chi connectivity index (χ3n) is 6.32. The molecule has 2 atom stereocenters. The number of hydrogen-bond donors (Lipinski definition) is 2. The van der Waals surface area contributed by atoms with Crippen molar-refractivity contribution in [1.29, 1.82) is 0 Å². The van der Waals surface area contributed by atoms with Crippen molar-refractivity contribution < 1.29 is 28.9 Å². The van der Waals surface area contributed by atoms with Gasteiger partial charge in [0.2, 0.25) is 0 Å². The number of aromatic nitrogens is 1. The van der Waals surface area contributed by atoms with Crippen molar-refractivity contribution in [2.45, 2.75) is 51.5 Å². The Hall–Kier alpha value is -3.95. The average Bonchev–Trinajstić information content (AvgIpc) is 2.93. The van der Waals surface area contributed by atoms with Gasteiger partial charge in [-0.3, -0.25) is 14.7 Å². The summed E-state index contributed by atoms with van der Waals surface area (Å²) in [5.41, 5.74) is 3.20. The monoisotopic (exact) mass is 533 g/mol. The van der Waals surface area contributed by atoms with Gasteiger partial charge < -0.3 is 24.6 Å². The van der Waals surface area contributed by atoms with Gasteiger partial charge in [0.25, 0.3) is 5.91 Å². The second-order valence-electron chi connectivity index (χ2n) is 10.4. The summed E-state index contributed by atoms with van der Waals surface area (Å²) in [5.74, 6) is 0.297. The van der Waals surface area contributed by atoms with E-state index in [4.69, 9.17) is 14.2 Å². The normalized spacial score (nSPS) is 15.7. The number of methoxy groups -OCH3 is 1. The largest absolute Gasteiger partial charge is 0.468 e. The molecule has 0 radical (unpaired) electrons. The highest BCUT2D eigenvalue weighted by molar-refractivity contribution is 5.95. The van der Waals surface area contributed by atoms with Crippen molar-refractivity contribution in [2.75, 3.05) is 20.4 Å². The van der Waals surface area contributed by atoms with Crippen LogP contribution >= 0.6 is 0 Å². The number of benzene rings is 2. The molecule has 0 saturated carbocycles. The van der Waals surface area contributed by atoms with Crippen LogP contribution in [0.4, 0.5) is 4.79 Å². The van der Waals surface area contributed by atoms with Crippen LogP contribution in [-0.2, 0) is 22.4 Å². The third kappa shape index (κ3) is 7.34. The van der Waals surface area contributed by atoms with Crippen molar-refractivity contribution in [3.8, 4) is 17.0 Å². The first kappa shape index (κ1) is 28.1. The molecule has 1 aromatic heterocycles. The van der Waals surface area contributed by atoms with Gasteiger partial charge in [0.05, 0.1) is 17.8 Å². The number of amides is 2. The third-order valence-corrected chi connectivity index (χ3v) is 6.32. The van der Waals surface area contributed by atoms with E-state index in [2.05, 4.69) is 10.3 Å². The van der Waals surface area contributed by atoms with Crippen LogP contribution in [0.2, 0.25) is 0 Å². The van der Waals surface area contributed by atoms with Gasteiger partial charge >= 0.3 is 6.09 Å². The first-order valence-electron chi connectivity index (χ1n) is 12.9. The molecule has 39 heavy (non-hydrogen) atoms. The number of pyridine rings is 1. The smallest absolute Gasteiger partial charge is 0.410 e. The van der Waals surface area contributed by atoms with Crippen LogP contribution in [0.5, 0.6) is 5.75 Å². The van der Waals surface area contributed by atoms with Crippen LogP contribution < -0.4 is 10.1 Å². The summed E-state index contributed by atoms with van der Waals surface area (Å²) in [7, 11) is 1.55. The van der Waals surface area contributed by atoms with E-state index in [0.29, 0.717) is 17.7 Å². The van der Waals surface area contributed by atoms with Crippen molar-refractivity contribution in [2.24, 2.45) is 0 Å². The molecule has 0 spiro atoms. The minimum Gasteiger partial charge on any atom is -0.468 e. The topological polar surface area (TPSA) is 110 Å². The lowest BCUT2D eigenvalue weighted by atomic mass is 9.91. The van der Waals surface area contributed by atoms with E-state index in [0.717, 1.165) is 22.4 Å². The molecule has 9 heteroatoms. The highest BCUT2D eigenvalue weighted by Crippen LogP contribution is 2.30. The Bertz CT molecular complexity index is 1290. The maximum Gasteiger partial charge on any atom is 0.410 e. The van der Waals surface area contributed by atoms with Gasteiger partial charge in [-0.05, 0) is 74.7 Å². The highest BCUT2D eigenvalue weighted by Gasteiger charge is 2.37. The zero-order valence-electron chi connectivity index (χ0n) is 22.7. The lowest BCUT2D eigenvalue weighted by Crippen LogP contribution is -2.54. The van der Waals surface area contributed by atoms with Crippen LogP contribution in [0, 0.1) is 0 Å². The van der Waals surface area contributed by atoms with Crippen LogP contribution in [0.25, 0.3) is 11.3 Å². The summed E-state index contributed by atoms with van der Waals surface area (Å²) in [6, 6.07) is 17.8. The van der Waals surface area contributed by atoms with Crippen LogP contribution in [-0.4, -0.2) is 65.2 Å². The number of rotatable bonds is 8. The number of fused-ring (bicyclic) bond motifs is 1. The summed E-state index contributed by atoms with van der Waals surface area (Å²) in [6.07, 6.45) is 0.531. The number of aliphatic hydroxyl groups excluding tert-OH is 1. The molecule has 9 nitrogen and oxygen atoms in total. The van der Waals surface area contributed by atoms with E-state index in [1.165, 1.54) is 4.90 Å². The van der Waals surface area contributed by atoms with Crippen LogP contribution in [0.3, 0.4) is 0 Å². The molecule has 0 saturated heterocycles. The Morgan fingerprint density at radius 1 is 1.10 bits per heavy atom. The predicted molar refractivity (Wildman–Crippen MR) is 146 cm³/mol. The quantitative estimate of drug-likeness (QED) is 0.418. The fraction of sp³-hybridized carbons (Fsp3) is 0.367. The van der Waals surface area contributed by atoms with Gasteiger partial charge in [0.15, 0.2) is 6.79 Å². The number of carbonyl (C=O) groups excluding carboxylic acids is 2. The standard InChI is InChI=1S/C30H35N3O6/c1-30(2,3)39-29(36)33-18-23-15-24(38-19-37-4)12-11-20(23)16-26(33)27(34)17-32-28(35)22-9-7-8-21(14-22)25-10-5-6-13-31-25/h5-15,26-27,34H,16-19H2,1-4H3,(H,32,35)/t26?,27-/m1/s1. The molecular weight excluding hydrogens is 498 g/mol. The van der Waals surface area contributed by atoms with Gasteiger partial charge in [-0.25, -0.2) is 4.79 Å². The summed E-state index contributed by atoms with van der Waals surface area (Å²) < 4.78 is 16.2. The Labute approximate surface area is 228 Å². The minimum atomic E-state index is -1.03. The van der Waals surface area contributed by atoms with Gasteiger partial charge in [0, 0.05) is 37.5 Å². The fourth-order valence-corrected chi connectivity index (χ4v) is 4.45. The van der Waals surface area contributed by atoms with E-state index in [-0.39, 0.29) is 25.8 Å². The van der Waals surface area contributed by atoms with Gasteiger partial charge in [-0.1, -0.05) is 24.3 Å². The molecule has 1 aliphatic heterocycles. The van der Waals surface area contributed by atoms with E-state index in [1.807, 2.05) is 42.5 Å². The van der Waals surface area contributed by atoms with Gasteiger partial charge in [-0.15, -0.1) is 0 Å². The number of ether oxygens (including phenoxy) is 3. The van der Waals surface area contributed by atoms with E-state index in [1.54, 1.807) is 52.3 Å². The molecule has 1 aliphatic rings. The first-order chi connectivity index (χ1) is 18.6. The Morgan fingerprint density at radius 3 is 2.64 bits per heavy atom. The van der Waals surface area contributed by atoms with Crippen molar-refractivity contribution >= 4 is 12.0 Å². The van der Waals surface area contributed by atoms with E-state index >= 15 is 0 Å². The van der Waals surface area contributed by atoms with Crippen LogP contribution in [0.1, 0.15) is 42.3 Å². The molecule has 1 unspecified atom stereocenters.